The van der Waals surface area contributed by atoms with Gasteiger partial charge in [-0.1, -0.05) is 105 Å². The predicted molar refractivity (Wildman–Crippen MR) is 277 cm³/mol. The number of aromatic amines is 1. The van der Waals surface area contributed by atoms with Gasteiger partial charge >= 0.3 is 0 Å². The molecule has 0 unspecified atom stereocenters. The van der Waals surface area contributed by atoms with Crippen LogP contribution in [0.25, 0.3) is 21.7 Å². The number of fused-ring (bicyclic) bond motifs is 2. The number of nitrogens with zero attached hydrogens (tertiary/aromatic N) is 1. The van der Waals surface area contributed by atoms with E-state index in [1.807, 2.05) is 66.7 Å². The number of aliphatic imine (C=N–C) groups is 1. The zero-order valence-corrected chi connectivity index (χ0v) is 40.8. The first-order valence-electron chi connectivity index (χ1n) is 24.2. The summed E-state index contributed by atoms with van der Waals surface area (Å²) >= 11 is 0. The number of carbonyl (C=O) groups excluding carboxylic acids is 7. The normalized spacial score (nSPS) is 13.7. The molecular formula is C52H69N13O7. The van der Waals surface area contributed by atoms with E-state index in [4.69, 9.17) is 28.7 Å². The van der Waals surface area contributed by atoms with Gasteiger partial charge in [0.2, 0.25) is 41.4 Å². The van der Waals surface area contributed by atoms with Crippen molar-refractivity contribution in [1.82, 2.24) is 36.9 Å². The molecule has 0 aliphatic heterocycles. The molecule has 0 radical (unpaired) electrons. The van der Waals surface area contributed by atoms with Gasteiger partial charge in [-0.15, -0.1) is 0 Å². The smallest absolute Gasteiger partial charge is 0.243 e. The zero-order chi connectivity index (χ0) is 52.2. The van der Waals surface area contributed by atoms with Crippen LogP contribution in [-0.2, 0) is 52.8 Å². The van der Waals surface area contributed by atoms with Gasteiger partial charge in [-0.25, -0.2) is 0 Å². The van der Waals surface area contributed by atoms with Gasteiger partial charge in [0.05, 0.1) is 12.6 Å². The van der Waals surface area contributed by atoms with E-state index in [1.54, 1.807) is 50.4 Å². The molecule has 1 heterocycles. The van der Waals surface area contributed by atoms with E-state index in [-0.39, 0.29) is 56.9 Å². The molecule has 0 saturated carbocycles. The predicted octanol–water partition coefficient (Wildman–Crippen LogP) is 0.540. The number of nitrogens with one attached hydrogen (secondary N) is 7. The van der Waals surface area contributed by atoms with Crippen molar-refractivity contribution in [3.63, 3.8) is 0 Å². The second kappa shape index (κ2) is 27.5. The Labute approximate surface area is 418 Å². The van der Waals surface area contributed by atoms with E-state index in [2.05, 4.69) is 41.9 Å². The van der Waals surface area contributed by atoms with E-state index < -0.39 is 84.1 Å². The zero-order valence-electron chi connectivity index (χ0n) is 40.8. The number of H-pyrrole nitrogens is 1. The van der Waals surface area contributed by atoms with Crippen molar-refractivity contribution < 1.29 is 33.6 Å². The van der Waals surface area contributed by atoms with Gasteiger partial charge in [0.25, 0.3) is 0 Å². The number of carbonyl (C=O) groups is 7. The van der Waals surface area contributed by atoms with Crippen molar-refractivity contribution in [2.45, 2.75) is 101 Å². The van der Waals surface area contributed by atoms with Crippen LogP contribution in [0.1, 0.15) is 62.6 Å². The van der Waals surface area contributed by atoms with E-state index in [9.17, 15) is 33.6 Å². The highest BCUT2D eigenvalue weighted by Gasteiger charge is 2.32. The fourth-order valence-electron chi connectivity index (χ4n) is 8.30. The molecule has 5 rings (SSSR count). The third-order valence-corrected chi connectivity index (χ3v) is 12.2. The van der Waals surface area contributed by atoms with Gasteiger partial charge in [0.15, 0.2) is 5.96 Å². The number of hydrogen-bond donors (Lipinski definition) is 12. The van der Waals surface area contributed by atoms with Crippen LogP contribution in [0.15, 0.2) is 108 Å². The average Bonchev–Trinajstić information content (AvgIpc) is 3.77. The molecule has 72 heavy (non-hydrogen) atoms. The summed E-state index contributed by atoms with van der Waals surface area (Å²) in [6.45, 7) is 3.32. The molecule has 20 nitrogen and oxygen atoms in total. The number of rotatable bonds is 28. The molecule has 5 aromatic rings. The van der Waals surface area contributed by atoms with Gasteiger partial charge in [0, 0.05) is 36.5 Å². The number of primary amides is 1. The SMILES string of the molecule is CC(C)[C@H](NC(=O)[C@H](Cc1ccccc1)NC(=O)[C@H](CCCCN)NC(=O)CNC(=O)[C@H](Cc1c[nH]c2ccccc12)NC(=O)[C@H](CCCN=C(N)N)NC(=O)[C@H](N)Cc1cccc2ccccc12)C(N)=O. The van der Waals surface area contributed by atoms with Gasteiger partial charge in [-0.3, -0.25) is 38.6 Å². The lowest BCUT2D eigenvalue weighted by molar-refractivity contribution is -0.134. The molecule has 0 saturated heterocycles. The Balaban J connectivity index is 1.33. The Bertz CT molecular complexity index is 2660. The average molecular weight is 988 g/mol. The van der Waals surface area contributed by atoms with Gasteiger partial charge in [-0.2, -0.15) is 0 Å². The molecule has 17 N–H and O–H groups in total. The van der Waals surface area contributed by atoms with Crippen LogP contribution in [0.5, 0.6) is 0 Å². The minimum atomic E-state index is -1.28. The Kier molecular flexibility index (Phi) is 21.1. The summed E-state index contributed by atoms with van der Waals surface area (Å²) in [6.07, 6.45) is 3.38. The summed E-state index contributed by atoms with van der Waals surface area (Å²) in [7, 11) is 0. The summed E-state index contributed by atoms with van der Waals surface area (Å²) in [4.78, 5) is 103. The maximum Gasteiger partial charge on any atom is 0.243 e. The summed E-state index contributed by atoms with van der Waals surface area (Å²) in [5, 5.41) is 19.0. The lowest BCUT2D eigenvalue weighted by Gasteiger charge is -2.26. The molecule has 1 aromatic heterocycles. The van der Waals surface area contributed by atoms with Gasteiger partial charge in [0.1, 0.15) is 30.2 Å². The summed E-state index contributed by atoms with van der Waals surface area (Å²) in [5.41, 5.74) is 31.9. The number of hydrogen-bond acceptors (Lipinski definition) is 10. The second-order valence-electron chi connectivity index (χ2n) is 18.1. The fraction of sp³-hybridized carbons (Fsp3) is 0.385. The highest BCUT2D eigenvalue weighted by Crippen LogP contribution is 2.21. The summed E-state index contributed by atoms with van der Waals surface area (Å²) in [6, 6.07) is 23.0. The number of benzene rings is 4. The first-order valence-corrected chi connectivity index (χ1v) is 24.2. The van der Waals surface area contributed by atoms with E-state index in [0.717, 1.165) is 32.8 Å². The van der Waals surface area contributed by atoms with Crippen molar-refractivity contribution in [3.05, 3.63) is 120 Å². The molecule has 6 atom stereocenters. The second-order valence-corrected chi connectivity index (χ2v) is 18.1. The van der Waals surface area contributed by atoms with Crippen molar-refractivity contribution in [3.8, 4) is 0 Å². The van der Waals surface area contributed by atoms with Gasteiger partial charge < -0.3 is 65.6 Å². The van der Waals surface area contributed by atoms with Gasteiger partial charge in [-0.05, 0) is 84.5 Å². The van der Waals surface area contributed by atoms with Crippen LogP contribution >= 0.6 is 0 Å². The van der Waals surface area contributed by atoms with Crippen LogP contribution in [0.4, 0.5) is 0 Å². The standard InChI is InChI=1S/C52H69N13O7/c1-31(2)45(46(55)67)65-51(72)42(26-32-14-4-3-5-15-32)63-49(70)40(22-10-11-24-53)61-44(66)30-60-48(69)43(28-35-29-59-39-21-9-8-20-37(35)39)64-50(71)41(23-13-25-58-52(56)57)62-47(68)38(54)27-34-18-12-17-33-16-6-7-19-36(33)34/h3-9,12,14-21,29,31,38,40-43,45,59H,10-11,13,22-28,30,53-54H2,1-2H3,(H2,55,67)(H,60,69)(H,61,66)(H,62,68)(H,63,70)(H,64,71)(H,65,72)(H4,56,57,58)/t38-,40+,41+,42+,43+,45+/m1/s1. The molecular weight excluding hydrogens is 919 g/mol. The number of aromatic nitrogens is 1. The third-order valence-electron chi connectivity index (χ3n) is 12.2. The topological polar surface area (TPSA) is 350 Å². The third kappa shape index (κ3) is 16.7. The lowest BCUT2D eigenvalue weighted by Crippen LogP contribution is -2.58. The monoisotopic (exact) mass is 988 g/mol. The van der Waals surface area contributed by atoms with Crippen molar-refractivity contribution in [2.24, 2.45) is 39.6 Å². The molecule has 0 aliphatic carbocycles. The Hall–Kier alpha value is -7.84. The molecule has 0 spiro atoms. The number of nitrogens with two attached hydrogens (primary N) is 5. The van der Waals surface area contributed by atoms with Crippen molar-refractivity contribution in [2.75, 3.05) is 19.6 Å². The molecule has 0 aliphatic rings. The quantitative estimate of drug-likeness (QED) is 0.0186. The van der Waals surface area contributed by atoms with E-state index in [1.165, 1.54) is 0 Å². The lowest BCUT2D eigenvalue weighted by atomic mass is 9.98. The molecule has 20 heteroatoms. The largest absolute Gasteiger partial charge is 0.370 e. The molecule has 4 aromatic carbocycles. The van der Waals surface area contributed by atoms with Crippen LogP contribution in [0, 0.1) is 5.92 Å². The molecule has 0 fully saturated rings. The maximum absolute atomic E-state index is 14.3. The van der Waals surface area contributed by atoms with Crippen molar-refractivity contribution in [1.29, 1.82) is 0 Å². The maximum atomic E-state index is 14.3. The fourth-order valence-corrected chi connectivity index (χ4v) is 8.30. The van der Waals surface area contributed by atoms with E-state index >= 15 is 0 Å². The first-order chi connectivity index (χ1) is 34.5. The number of guanidine groups is 1. The Morgan fingerprint density at radius 3 is 1.86 bits per heavy atom. The van der Waals surface area contributed by atoms with Crippen molar-refractivity contribution >= 4 is 69.0 Å². The number of unbranched alkanes of at least 4 members (excludes halogenated alkanes) is 1. The van der Waals surface area contributed by atoms with Crippen LogP contribution in [0.3, 0.4) is 0 Å². The van der Waals surface area contributed by atoms with E-state index in [0.29, 0.717) is 24.9 Å². The molecule has 384 valence electrons. The Morgan fingerprint density at radius 1 is 0.583 bits per heavy atom. The minimum Gasteiger partial charge on any atom is -0.370 e. The number of para-hydroxylation sites is 1. The van der Waals surface area contributed by atoms with Crippen LogP contribution in [0.2, 0.25) is 0 Å². The highest BCUT2D eigenvalue weighted by molar-refractivity contribution is 5.97. The minimum absolute atomic E-state index is 0.0269. The summed E-state index contributed by atoms with van der Waals surface area (Å²) < 4.78 is 0. The highest BCUT2D eigenvalue weighted by atomic mass is 16.2. The molecule has 7 amide bonds. The number of amides is 7. The first kappa shape index (κ1) is 55.1. The van der Waals surface area contributed by atoms with Crippen LogP contribution in [-0.4, -0.2) is 108 Å². The molecule has 0 bridgehead atoms. The Morgan fingerprint density at radius 2 is 1.18 bits per heavy atom. The van der Waals surface area contributed by atoms with Crippen LogP contribution < -0.4 is 60.6 Å². The summed E-state index contributed by atoms with van der Waals surface area (Å²) in [5.74, 6) is -5.32.